The van der Waals surface area contributed by atoms with Gasteiger partial charge in [-0.25, -0.2) is 4.98 Å². The van der Waals surface area contributed by atoms with Crippen LogP contribution in [0.15, 0.2) is 9.98 Å². The van der Waals surface area contributed by atoms with Gasteiger partial charge < -0.3 is 15.8 Å². The Hall–Kier alpha value is -0.170. The molecule has 0 aliphatic heterocycles. The van der Waals surface area contributed by atoms with Gasteiger partial charge in [-0.3, -0.25) is 0 Å². The van der Waals surface area contributed by atoms with Gasteiger partial charge in [0.25, 0.3) is 0 Å². The van der Waals surface area contributed by atoms with Crippen molar-refractivity contribution in [1.29, 1.82) is 0 Å². The van der Waals surface area contributed by atoms with E-state index < -0.39 is 0 Å². The average molecular weight is 320 g/mol. The summed E-state index contributed by atoms with van der Waals surface area (Å²) in [6.45, 7) is 1.54. The van der Waals surface area contributed by atoms with E-state index >= 15 is 0 Å². The zero-order valence-corrected chi connectivity index (χ0v) is 12.1. The lowest BCUT2D eigenvalue weighted by molar-refractivity contribution is 0.0313. The lowest BCUT2D eigenvalue weighted by Crippen LogP contribution is -2.31. The largest absolute Gasteiger partial charge is 0.376 e. The maximum Gasteiger partial charge on any atom is 0.183 e. The minimum atomic E-state index is 0.389. The second kappa shape index (κ2) is 6.68. The van der Waals surface area contributed by atoms with Crippen molar-refractivity contribution < 1.29 is 4.74 Å². The Kier molecular flexibility index (Phi) is 5.21. The summed E-state index contributed by atoms with van der Waals surface area (Å²) in [5.74, 6) is 0. The highest BCUT2D eigenvalue weighted by atomic mass is 79.9. The van der Waals surface area contributed by atoms with Crippen LogP contribution in [0.3, 0.4) is 0 Å². The van der Waals surface area contributed by atoms with E-state index in [0.29, 0.717) is 12.1 Å². The minimum absolute atomic E-state index is 0.389. The van der Waals surface area contributed by atoms with Crippen LogP contribution in [0.2, 0.25) is 0 Å². The van der Waals surface area contributed by atoms with E-state index in [1.807, 2.05) is 5.38 Å². The molecule has 0 unspecified atom stereocenters. The van der Waals surface area contributed by atoms with Gasteiger partial charge in [-0.2, -0.15) is 0 Å². The Morgan fingerprint density at radius 2 is 2.24 bits per heavy atom. The van der Waals surface area contributed by atoms with Crippen molar-refractivity contribution in [1.82, 2.24) is 4.98 Å². The molecule has 0 amide bonds. The summed E-state index contributed by atoms with van der Waals surface area (Å²) in [6, 6.07) is 0.389. The maximum absolute atomic E-state index is 5.85. The molecule has 1 aliphatic rings. The molecule has 2 rings (SSSR count). The predicted octanol–water partition coefficient (Wildman–Crippen LogP) is 2.60. The molecule has 1 heterocycles. The van der Waals surface area contributed by atoms with Gasteiger partial charge in [0.15, 0.2) is 5.13 Å². The summed E-state index contributed by atoms with van der Waals surface area (Å²) in [7, 11) is 0. The molecule has 0 radical (unpaired) electrons. The molecular weight excluding hydrogens is 302 g/mol. The third kappa shape index (κ3) is 4.54. The number of thiazole rings is 1. The van der Waals surface area contributed by atoms with Crippen LogP contribution in [-0.4, -0.2) is 30.3 Å². The smallest absolute Gasteiger partial charge is 0.183 e. The Labute approximate surface area is 114 Å². The molecule has 17 heavy (non-hydrogen) atoms. The fourth-order valence-corrected chi connectivity index (χ4v) is 3.15. The first kappa shape index (κ1) is 13.3. The van der Waals surface area contributed by atoms with E-state index in [-0.39, 0.29) is 0 Å². The van der Waals surface area contributed by atoms with Gasteiger partial charge >= 0.3 is 0 Å². The Morgan fingerprint density at radius 3 is 2.88 bits per heavy atom. The van der Waals surface area contributed by atoms with Crippen LogP contribution >= 0.6 is 27.3 Å². The normalized spacial score (nSPS) is 24.8. The molecule has 0 spiro atoms. The van der Waals surface area contributed by atoms with Crippen molar-refractivity contribution in [2.24, 2.45) is 5.73 Å². The van der Waals surface area contributed by atoms with E-state index in [1.54, 1.807) is 11.3 Å². The number of hydrogen-bond acceptors (Lipinski definition) is 5. The van der Waals surface area contributed by atoms with E-state index in [0.717, 1.165) is 48.6 Å². The number of nitrogens with two attached hydrogens (primary N) is 1. The molecule has 3 N–H and O–H groups in total. The maximum atomic E-state index is 5.85. The second-order valence-electron chi connectivity index (χ2n) is 4.31. The number of nitrogens with one attached hydrogen (secondary N) is 1. The Morgan fingerprint density at radius 1 is 1.47 bits per heavy atom. The lowest BCUT2D eigenvalue weighted by Gasteiger charge is -2.26. The van der Waals surface area contributed by atoms with Gasteiger partial charge in [0, 0.05) is 18.0 Å². The van der Waals surface area contributed by atoms with Crippen LogP contribution in [0.25, 0.3) is 0 Å². The first-order valence-electron chi connectivity index (χ1n) is 5.96. The highest BCUT2D eigenvalue weighted by Gasteiger charge is 2.18. The summed E-state index contributed by atoms with van der Waals surface area (Å²) in [5, 5.41) is 6.14. The van der Waals surface area contributed by atoms with Crippen molar-refractivity contribution in [2.75, 3.05) is 18.5 Å². The summed E-state index contributed by atoms with van der Waals surface area (Å²) in [6.07, 6.45) is 4.79. The number of halogens is 1. The van der Waals surface area contributed by atoms with Crippen molar-refractivity contribution >= 4 is 32.4 Å². The highest BCUT2D eigenvalue weighted by Crippen LogP contribution is 2.20. The third-order valence-corrected chi connectivity index (χ3v) is 4.44. The van der Waals surface area contributed by atoms with E-state index in [4.69, 9.17) is 10.5 Å². The quantitative estimate of drug-likeness (QED) is 0.819. The summed E-state index contributed by atoms with van der Waals surface area (Å²) < 4.78 is 6.69. The van der Waals surface area contributed by atoms with Crippen LogP contribution in [0.1, 0.15) is 25.7 Å². The molecule has 0 saturated heterocycles. The van der Waals surface area contributed by atoms with Crippen LogP contribution in [0.4, 0.5) is 5.13 Å². The topological polar surface area (TPSA) is 60.2 Å². The van der Waals surface area contributed by atoms with Gasteiger partial charge in [0.1, 0.15) is 4.60 Å². The van der Waals surface area contributed by atoms with E-state index in [1.165, 1.54) is 0 Å². The van der Waals surface area contributed by atoms with Crippen molar-refractivity contribution in [3.05, 3.63) is 9.98 Å². The zero-order chi connectivity index (χ0) is 12.1. The summed E-state index contributed by atoms with van der Waals surface area (Å²) in [5.41, 5.74) is 5.85. The van der Waals surface area contributed by atoms with Crippen LogP contribution in [0, 0.1) is 0 Å². The fraction of sp³-hybridized carbons (Fsp3) is 0.727. The highest BCUT2D eigenvalue weighted by molar-refractivity contribution is 9.10. The third-order valence-electron chi connectivity index (χ3n) is 2.93. The monoisotopic (exact) mass is 319 g/mol. The van der Waals surface area contributed by atoms with Gasteiger partial charge in [-0.15, -0.1) is 11.3 Å². The molecule has 0 atom stereocenters. The molecular formula is C11H18BrN3OS. The van der Waals surface area contributed by atoms with Crippen molar-refractivity contribution in [3.63, 3.8) is 0 Å². The predicted molar refractivity (Wildman–Crippen MR) is 74.5 cm³/mol. The molecule has 1 aliphatic carbocycles. The molecule has 0 aromatic carbocycles. The van der Waals surface area contributed by atoms with Gasteiger partial charge in [-0.05, 0) is 41.6 Å². The van der Waals surface area contributed by atoms with Crippen LogP contribution in [-0.2, 0) is 4.74 Å². The summed E-state index contributed by atoms with van der Waals surface area (Å²) >= 11 is 4.92. The first-order chi connectivity index (χ1) is 8.24. The van der Waals surface area contributed by atoms with E-state index in [2.05, 4.69) is 26.2 Å². The zero-order valence-electron chi connectivity index (χ0n) is 9.69. The number of hydrogen-bond donors (Lipinski definition) is 2. The first-order valence-corrected chi connectivity index (χ1v) is 7.63. The van der Waals surface area contributed by atoms with Gasteiger partial charge in [0.05, 0.1) is 12.7 Å². The molecule has 1 aromatic rings. The van der Waals surface area contributed by atoms with Crippen LogP contribution < -0.4 is 11.1 Å². The Balaban J connectivity index is 1.57. The Bertz CT molecular complexity index is 339. The van der Waals surface area contributed by atoms with E-state index in [9.17, 15) is 0 Å². The second-order valence-corrected chi connectivity index (χ2v) is 5.98. The van der Waals surface area contributed by atoms with Crippen LogP contribution in [0.5, 0.6) is 0 Å². The molecule has 96 valence electrons. The number of rotatable bonds is 5. The minimum Gasteiger partial charge on any atom is -0.376 e. The molecule has 6 heteroatoms. The fourth-order valence-electron chi connectivity index (χ4n) is 1.97. The summed E-state index contributed by atoms with van der Waals surface area (Å²) in [4.78, 5) is 4.26. The van der Waals surface area contributed by atoms with Gasteiger partial charge in [0.2, 0.25) is 0 Å². The lowest BCUT2D eigenvalue weighted by atomic mass is 9.94. The number of ether oxygens (including phenoxy) is 1. The number of aromatic nitrogens is 1. The number of nitrogens with zero attached hydrogens (tertiary/aromatic N) is 1. The number of anilines is 1. The molecule has 4 nitrogen and oxygen atoms in total. The molecule has 1 fully saturated rings. The average Bonchev–Trinajstić information content (AvgIpc) is 2.73. The molecule has 1 saturated carbocycles. The van der Waals surface area contributed by atoms with Gasteiger partial charge in [-0.1, -0.05) is 0 Å². The molecule has 0 bridgehead atoms. The standard InChI is InChI=1S/C11H18BrN3OS/c12-10-7-17-11(15-10)14-5-6-16-9-3-1-8(13)2-4-9/h7-9H,1-6,13H2,(H,14,15). The van der Waals surface area contributed by atoms with Crippen molar-refractivity contribution in [2.45, 2.75) is 37.8 Å². The van der Waals surface area contributed by atoms with Crippen molar-refractivity contribution in [3.8, 4) is 0 Å². The molecule has 1 aromatic heterocycles. The SMILES string of the molecule is NC1CCC(OCCNc2nc(Br)cs2)CC1.